The molecule has 126 valence electrons. The first-order valence-corrected chi connectivity index (χ1v) is 8.97. The fourth-order valence-corrected chi connectivity index (χ4v) is 3.57. The number of benzene rings is 1. The summed E-state index contributed by atoms with van der Waals surface area (Å²) < 4.78 is 0. The SMILES string of the molecule is C[C@@H](CCc1ccccc1)CC(=O)N1CCC[C@@H]1c1ccncc1. The number of pyridine rings is 1. The van der Waals surface area contributed by atoms with Gasteiger partial charge in [-0.25, -0.2) is 0 Å². The van der Waals surface area contributed by atoms with E-state index in [1.165, 1.54) is 11.1 Å². The molecule has 2 heterocycles. The van der Waals surface area contributed by atoms with Crippen molar-refractivity contribution in [3.8, 4) is 0 Å². The maximum absolute atomic E-state index is 12.8. The molecule has 0 saturated carbocycles. The zero-order valence-electron chi connectivity index (χ0n) is 14.4. The molecule has 2 aromatic rings. The smallest absolute Gasteiger partial charge is 0.223 e. The lowest BCUT2D eigenvalue weighted by Crippen LogP contribution is -2.31. The molecule has 1 aromatic heterocycles. The fraction of sp³-hybridized carbons (Fsp3) is 0.429. The van der Waals surface area contributed by atoms with Gasteiger partial charge in [-0.1, -0.05) is 37.3 Å². The summed E-state index contributed by atoms with van der Waals surface area (Å²) >= 11 is 0. The van der Waals surface area contributed by atoms with Crippen molar-refractivity contribution in [1.29, 1.82) is 0 Å². The summed E-state index contributed by atoms with van der Waals surface area (Å²) in [5, 5.41) is 0. The van der Waals surface area contributed by atoms with E-state index in [0.29, 0.717) is 18.2 Å². The molecule has 1 aliphatic heterocycles. The predicted octanol–water partition coefficient (Wildman–Crippen LogP) is 4.40. The lowest BCUT2D eigenvalue weighted by molar-refractivity contribution is -0.133. The van der Waals surface area contributed by atoms with Crippen LogP contribution in [0.15, 0.2) is 54.9 Å². The molecule has 1 amide bonds. The van der Waals surface area contributed by atoms with Crippen LogP contribution in [0.25, 0.3) is 0 Å². The number of hydrogen-bond donors (Lipinski definition) is 0. The Balaban J connectivity index is 1.54. The first-order valence-electron chi connectivity index (χ1n) is 8.97. The van der Waals surface area contributed by atoms with Gasteiger partial charge in [-0.2, -0.15) is 0 Å². The summed E-state index contributed by atoms with van der Waals surface area (Å²) in [5.41, 5.74) is 2.57. The lowest BCUT2D eigenvalue weighted by atomic mass is 9.97. The Kier molecular flexibility index (Phi) is 5.63. The van der Waals surface area contributed by atoms with Crippen LogP contribution in [-0.4, -0.2) is 22.3 Å². The van der Waals surface area contributed by atoms with Gasteiger partial charge in [0.2, 0.25) is 5.91 Å². The summed E-state index contributed by atoms with van der Waals surface area (Å²) in [7, 11) is 0. The zero-order chi connectivity index (χ0) is 16.8. The van der Waals surface area contributed by atoms with E-state index in [0.717, 1.165) is 32.2 Å². The number of aromatic nitrogens is 1. The maximum Gasteiger partial charge on any atom is 0.223 e. The van der Waals surface area contributed by atoms with Crippen molar-refractivity contribution in [2.24, 2.45) is 5.92 Å². The Bertz CT molecular complexity index is 641. The zero-order valence-corrected chi connectivity index (χ0v) is 14.4. The third kappa shape index (κ3) is 4.22. The Hall–Kier alpha value is -2.16. The van der Waals surface area contributed by atoms with Crippen molar-refractivity contribution in [1.82, 2.24) is 9.88 Å². The van der Waals surface area contributed by atoms with E-state index < -0.39 is 0 Å². The molecule has 0 spiro atoms. The van der Waals surface area contributed by atoms with E-state index in [4.69, 9.17) is 0 Å². The minimum Gasteiger partial charge on any atom is -0.336 e. The fourth-order valence-electron chi connectivity index (χ4n) is 3.57. The van der Waals surface area contributed by atoms with Gasteiger partial charge in [0, 0.05) is 25.4 Å². The van der Waals surface area contributed by atoms with Gasteiger partial charge in [-0.3, -0.25) is 9.78 Å². The van der Waals surface area contributed by atoms with Gasteiger partial charge in [0.15, 0.2) is 0 Å². The normalized spacial score (nSPS) is 18.5. The summed E-state index contributed by atoms with van der Waals surface area (Å²) in [4.78, 5) is 18.9. The summed E-state index contributed by atoms with van der Waals surface area (Å²) in [6.45, 7) is 3.08. The molecule has 1 saturated heterocycles. The van der Waals surface area contributed by atoms with Crippen LogP contribution >= 0.6 is 0 Å². The van der Waals surface area contributed by atoms with Crippen molar-refractivity contribution in [2.75, 3.05) is 6.54 Å². The monoisotopic (exact) mass is 322 g/mol. The molecule has 0 radical (unpaired) electrons. The lowest BCUT2D eigenvalue weighted by Gasteiger charge is -2.26. The van der Waals surface area contributed by atoms with Gasteiger partial charge in [0.1, 0.15) is 0 Å². The van der Waals surface area contributed by atoms with Crippen LogP contribution in [0.3, 0.4) is 0 Å². The second kappa shape index (κ2) is 8.09. The quantitative estimate of drug-likeness (QED) is 0.789. The van der Waals surface area contributed by atoms with Crippen molar-refractivity contribution in [2.45, 2.75) is 45.1 Å². The number of carbonyl (C=O) groups is 1. The number of carbonyl (C=O) groups excluding carboxylic acids is 1. The molecule has 1 aliphatic rings. The van der Waals surface area contributed by atoms with Gasteiger partial charge in [-0.05, 0) is 54.9 Å². The molecule has 1 fully saturated rings. The summed E-state index contributed by atoms with van der Waals surface area (Å²) in [5.74, 6) is 0.714. The molecular formula is C21H26N2O. The van der Waals surface area contributed by atoms with Gasteiger partial charge >= 0.3 is 0 Å². The Morgan fingerprint density at radius 3 is 2.71 bits per heavy atom. The average molecular weight is 322 g/mol. The number of nitrogens with zero attached hydrogens (tertiary/aromatic N) is 2. The topological polar surface area (TPSA) is 33.2 Å². The molecule has 3 heteroatoms. The molecule has 3 nitrogen and oxygen atoms in total. The molecular weight excluding hydrogens is 296 g/mol. The van der Waals surface area contributed by atoms with E-state index in [1.807, 2.05) is 30.6 Å². The van der Waals surface area contributed by atoms with Gasteiger partial charge < -0.3 is 4.90 Å². The minimum absolute atomic E-state index is 0.238. The van der Waals surface area contributed by atoms with Crippen molar-refractivity contribution >= 4 is 5.91 Å². The third-order valence-electron chi connectivity index (χ3n) is 4.96. The summed E-state index contributed by atoms with van der Waals surface area (Å²) in [6.07, 6.45) is 8.55. The van der Waals surface area contributed by atoms with Crippen LogP contribution in [0, 0.1) is 5.92 Å². The molecule has 1 aromatic carbocycles. The van der Waals surface area contributed by atoms with Crippen molar-refractivity contribution in [3.63, 3.8) is 0 Å². The molecule has 0 N–H and O–H groups in total. The van der Waals surface area contributed by atoms with Gasteiger partial charge in [0.25, 0.3) is 0 Å². The van der Waals surface area contributed by atoms with Crippen LogP contribution in [0.2, 0.25) is 0 Å². The van der Waals surface area contributed by atoms with E-state index in [1.54, 1.807) is 0 Å². The standard InChI is InChI=1S/C21H26N2O/c1-17(9-10-18-6-3-2-4-7-18)16-21(24)23-15-5-8-20(23)19-11-13-22-14-12-19/h2-4,6-7,11-14,17,20H,5,8-10,15-16H2,1H3/t17-,20+/m0/s1. The predicted molar refractivity (Wildman–Crippen MR) is 96.5 cm³/mol. The minimum atomic E-state index is 0.238. The highest BCUT2D eigenvalue weighted by molar-refractivity contribution is 5.77. The van der Waals surface area contributed by atoms with Gasteiger partial charge in [0.05, 0.1) is 6.04 Å². The van der Waals surface area contributed by atoms with Crippen LogP contribution in [0.5, 0.6) is 0 Å². The number of rotatable bonds is 6. The highest BCUT2D eigenvalue weighted by atomic mass is 16.2. The number of likely N-dealkylation sites (tertiary alicyclic amines) is 1. The highest BCUT2D eigenvalue weighted by Crippen LogP contribution is 2.32. The van der Waals surface area contributed by atoms with E-state index in [2.05, 4.69) is 41.1 Å². The van der Waals surface area contributed by atoms with Crippen LogP contribution in [-0.2, 0) is 11.2 Å². The van der Waals surface area contributed by atoms with E-state index in [-0.39, 0.29) is 6.04 Å². The molecule has 2 atom stereocenters. The van der Waals surface area contributed by atoms with Crippen LogP contribution in [0.1, 0.15) is 49.8 Å². The Morgan fingerprint density at radius 1 is 1.21 bits per heavy atom. The largest absolute Gasteiger partial charge is 0.336 e. The van der Waals surface area contributed by atoms with E-state index in [9.17, 15) is 4.79 Å². The average Bonchev–Trinajstić information content (AvgIpc) is 3.11. The number of hydrogen-bond acceptors (Lipinski definition) is 2. The molecule has 0 bridgehead atoms. The number of aryl methyl sites for hydroxylation is 1. The first kappa shape index (κ1) is 16.7. The maximum atomic E-state index is 12.8. The van der Waals surface area contributed by atoms with Gasteiger partial charge in [-0.15, -0.1) is 0 Å². The van der Waals surface area contributed by atoms with Crippen molar-refractivity contribution < 1.29 is 4.79 Å². The second-order valence-electron chi connectivity index (χ2n) is 6.86. The summed E-state index contributed by atoms with van der Waals surface area (Å²) in [6, 6.07) is 14.8. The van der Waals surface area contributed by atoms with E-state index >= 15 is 0 Å². The van der Waals surface area contributed by atoms with Crippen LogP contribution in [0.4, 0.5) is 0 Å². The van der Waals surface area contributed by atoms with Crippen molar-refractivity contribution in [3.05, 3.63) is 66.0 Å². The van der Waals surface area contributed by atoms with Crippen LogP contribution < -0.4 is 0 Å². The Labute approximate surface area is 144 Å². The highest BCUT2D eigenvalue weighted by Gasteiger charge is 2.30. The Morgan fingerprint density at radius 2 is 1.96 bits per heavy atom. The first-order chi connectivity index (χ1) is 11.7. The third-order valence-corrected chi connectivity index (χ3v) is 4.96. The molecule has 0 aliphatic carbocycles. The molecule has 3 rings (SSSR count). The number of amides is 1. The molecule has 0 unspecified atom stereocenters. The molecule has 24 heavy (non-hydrogen) atoms. The second-order valence-corrected chi connectivity index (χ2v) is 6.86.